The molecule has 0 atom stereocenters. The molecule has 0 aliphatic heterocycles. The van der Waals surface area contributed by atoms with Gasteiger partial charge >= 0.3 is 19.5 Å². The van der Waals surface area contributed by atoms with Crippen molar-refractivity contribution in [2.45, 2.75) is 69.2 Å². The molecule has 0 saturated heterocycles. The van der Waals surface area contributed by atoms with Crippen LogP contribution in [0, 0.1) is 36.8 Å². The predicted octanol–water partition coefficient (Wildman–Crippen LogP) is 7.21. The van der Waals surface area contributed by atoms with Gasteiger partial charge in [-0.2, -0.15) is 11.1 Å². The van der Waals surface area contributed by atoms with Gasteiger partial charge in [-0.05, 0) is 11.8 Å². The summed E-state index contributed by atoms with van der Waals surface area (Å²) in [5.41, 5.74) is 4.68. The van der Waals surface area contributed by atoms with Gasteiger partial charge in [0.1, 0.15) is 0 Å². The molecule has 0 N–H and O–H groups in total. The van der Waals surface area contributed by atoms with Gasteiger partial charge < -0.3 is 0 Å². The predicted molar refractivity (Wildman–Crippen MR) is 102 cm³/mol. The monoisotopic (exact) mass is 404 g/mol. The fourth-order valence-corrected chi connectivity index (χ4v) is 1.19. The van der Waals surface area contributed by atoms with Crippen LogP contribution in [0.25, 0.3) is 0 Å². The number of rotatable bonds is 6. The molecule has 134 valence electrons. The molecule has 0 aliphatic carbocycles. The van der Waals surface area contributed by atoms with Crippen molar-refractivity contribution in [3.63, 3.8) is 0 Å². The third kappa shape index (κ3) is 14.9. The summed E-state index contributed by atoms with van der Waals surface area (Å²) in [5.74, 6) is 2.13. The van der Waals surface area contributed by atoms with Gasteiger partial charge in [0.15, 0.2) is 0 Å². The van der Waals surface area contributed by atoms with E-state index in [-0.39, 0.29) is 19.5 Å². The van der Waals surface area contributed by atoms with E-state index in [4.69, 9.17) is 13.2 Å². The molecule has 0 aromatic rings. The molecule has 0 bridgehead atoms. The molecule has 0 nitrogen and oxygen atoms in total. The van der Waals surface area contributed by atoms with E-state index in [0.717, 1.165) is 11.1 Å². The minimum Gasteiger partial charge on any atom is -0.289 e. The Labute approximate surface area is 160 Å². The first-order valence-corrected chi connectivity index (χ1v) is 8.51. The average molecular weight is 404 g/mol. The molecule has 0 saturated carbocycles. The molecule has 0 aromatic heterocycles. The fraction of sp³-hybridized carbons (Fsp3) is 0.636. The summed E-state index contributed by atoms with van der Waals surface area (Å²) in [6.07, 6.45) is 4.19. The van der Waals surface area contributed by atoms with Crippen LogP contribution in [0.2, 0.25) is 0 Å². The Morgan fingerprint density at radius 1 is 0.565 bits per heavy atom. The van der Waals surface area contributed by atoms with Gasteiger partial charge in [-0.25, -0.2) is 23.3 Å². The topological polar surface area (TPSA) is 0 Å². The Balaban J connectivity index is -0.000000333. The van der Waals surface area contributed by atoms with Gasteiger partial charge in [-0.15, -0.1) is 0 Å². The minimum absolute atomic E-state index is 0. The van der Waals surface area contributed by atoms with Crippen molar-refractivity contribution in [1.82, 2.24) is 0 Å². The summed E-state index contributed by atoms with van der Waals surface area (Å²) in [6.45, 7) is 33.0. The van der Waals surface area contributed by atoms with Crippen molar-refractivity contribution in [2.24, 2.45) is 23.7 Å². The fourth-order valence-electron chi connectivity index (χ4n) is 1.19. The molecule has 0 spiro atoms. The smallest absolute Gasteiger partial charge is 0.289 e. The van der Waals surface area contributed by atoms with E-state index in [1.54, 1.807) is 0 Å². The van der Waals surface area contributed by atoms with Gasteiger partial charge in [-0.1, -0.05) is 81.1 Å². The molecular formula is C22H38Ru. The van der Waals surface area contributed by atoms with Gasteiger partial charge in [0, 0.05) is 0 Å². The van der Waals surface area contributed by atoms with Crippen LogP contribution in [-0.2, 0) is 19.5 Å². The van der Waals surface area contributed by atoms with Crippen LogP contribution < -0.4 is 0 Å². The van der Waals surface area contributed by atoms with Crippen molar-refractivity contribution in [3.8, 4) is 0 Å². The second kappa shape index (κ2) is 14.0. The largest absolute Gasteiger partial charge is 2.00 e. The van der Waals surface area contributed by atoms with Gasteiger partial charge in [-0.3, -0.25) is 13.2 Å². The number of hydrogen-bond donors (Lipinski definition) is 0. The maximum absolute atomic E-state index is 5.80. The zero-order valence-electron chi connectivity index (χ0n) is 17.0. The summed E-state index contributed by atoms with van der Waals surface area (Å²) in [4.78, 5) is 0. The van der Waals surface area contributed by atoms with Gasteiger partial charge in [0.05, 0.1) is 0 Å². The van der Waals surface area contributed by atoms with E-state index in [2.05, 4.69) is 81.4 Å². The quantitative estimate of drug-likeness (QED) is 0.250. The Kier molecular flexibility index (Phi) is 16.7. The van der Waals surface area contributed by atoms with Gasteiger partial charge in [0.2, 0.25) is 0 Å². The van der Waals surface area contributed by atoms with E-state index >= 15 is 0 Å². The number of hydrogen-bond acceptors (Lipinski definition) is 0. The first-order valence-electron chi connectivity index (χ1n) is 8.51. The van der Waals surface area contributed by atoms with Crippen molar-refractivity contribution in [3.05, 3.63) is 47.6 Å². The molecule has 23 heavy (non-hydrogen) atoms. The second-order valence-corrected chi connectivity index (χ2v) is 7.40. The van der Waals surface area contributed by atoms with E-state index in [1.165, 1.54) is 11.1 Å². The van der Waals surface area contributed by atoms with E-state index in [1.807, 2.05) is 0 Å². The van der Waals surface area contributed by atoms with Crippen molar-refractivity contribution in [1.29, 1.82) is 0 Å². The molecule has 0 aliphatic rings. The molecule has 0 amide bonds. The molecule has 0 radical (unpaired) electrons. The molecule has 0 aromatic carbocycles. The van der Waals surface area contributed by atoms with Crippen molar-refractivity contribution in [2.75, 3.05) is 0 Å². The summed E-state index contributed by atoms with van der Waals surface area (Å²) in [6, 6.07) is 0. The molecular weight excluding hydrogens is 365 g/mol. The molecule has 0 rings (SSSR count). The number of allylic oxidation sites excluding steroid dienone is 6. The summed E-state index contributed by atoms with van der Waals surface area (Å²) < 4.78 is 0. The maximum Gasteiger partial charge on any atom is 2.00 e. The first-order chi connectivity index (χ1) is 9.89. The second-order valence-electron chi connectivity index (χ2n) is 7.40. The Morgan fingerprint density at radius 2 is 0.783 bits per heavy atom. The standard InChI is InChI=1S/2C11H19.Ru/c2*1-8(2)10(5)7-11(6)9(3)4;/h2*5,7-9H,1-4,6H3;/q2*-1;+2/b2*11-7-;. The van der Waals surface area contributed by atoms with Crippen LogP contribution in [0.1, 0.15) is 69.2 Å². The molecule has 1 heteroatoms. The van der Waals surface area contributed by atoms with Crippen LogP contribution in [0.5, 0.6) is 0 Å². The van der Waals surface area contributed by atoms with E-state index in [0.29, 0.717) is 23.7 Å². The summed E-state index contributed by atoms with van der Waals surface area (Å²) in [5, 5.41) is 0. The van der Waals surface area contributed by atoms with Crippen molar-refractivity contribution >= 4 is 0 Å². The Morgan fingerprint density at radius 3 is 0.913 bits per heavy atom. The normalized spacial score (nSPS) is 12.3. The Hall–Kier alpha value is -0.417. The average Bonchev–Trinajstić information content (AvgIpc) is 2.38. The maximum atomic E-state index is 5.80. The Bertz CT molecular complexity index is 364. The van der Waals surface area contributed by atoms with E-state index < -0.39 is 0 Å². The van der Waals surface area contributed by atoms with E-state index in [9.17, 15) is 0 Å². The van der Waals surface area contributed by atoms with Crippen LogP contribution in [0.3, 0.4) is 0 Å². The third-order valence-electron chi connectivity index (χ3n) is 3.94. The van der Waals surface area contributed by atoms with Crippen LogP contribution in [-0.4, -0.2) is 0 Å². The molecule has 0 heterocycles. The molecule has 0 fully saturated rings. The zero-order valence-corrected chi connectivity index (χ0v) is 18.7. The van der Waals surface area contributed by atoms with Crippen molar-refractivity contribution < 1.29 is 19.5 Å². The first kappa shape index (κ1) is 27.4. The van der Waals surface area contributed by atoms with Crippen LogP contribution in [0.4, 0.5) is 0 Å². The van der Waals surface area contributed by atoms with Crippen LogP contribution >= 0.6 is 0 Å². The third-order valence-corrected chi connectivity index (χ3v) is 3.94. The zero-order chi connectivity index (χ0) is 18.0. The minimum atomic E-state index is 0. The van der Waals surface area contributed by atoms with Crippen LogP contribution in [0.15, 0.2) is 34.4 Å². The summed E-state index contributed by atoms with van der Waals surface area (Å²) in [7, 11) is 0. The summed E-state index contributed by atoms with van der Waals surface area (Å²) >= 11 is 0. The van der Waals surface area contributed by atoms with Gasteiger partial charge in [0.25, 0.3) is 0 Å². The molecule has 0 unspecified atom stereocenters. The SMILES string of the molecule is [CH-]=C(/C=C(/C)C(C)C)C(C)C.[CH-]=C(/C=C(/C)C(C)C)C(C)C.[Ru+2].